The smallest absolute Gasteiger partial charge is 0.0678 e. The van der Waals surface area contributed by atoms with E-state index in [2.05, 4.69) is 13.8 Å². The average Bonchev–Trinajstić information content (AvgIpc) is 2.61. The topological polar surface area (TPSA) is 29.5 Å². The van der Waals surface area contributed by atoms with E-state index in [1.165, 1.54) is 38.5 Å². The van der Waals surface area contributed by atoms with Crippen molar-refractivity contribution in [2.24, 2.45) is 11.3 Å². The Hall–Kier alpha value is -0.0800. The number of aliphatic hydroxyl groups is 1. The lowest BCUT2D eigenvalue weighted by molar-refractivity contribution is -0.190. The van der Waals surface area contributed by atoms with Gasteiger partial charge in [0.1, 0.15) is 0 Å². The molecule has 0 aromatic carbocycles. The largest absolute Gasteiger partial charge is 0.392 e. The standard InChI is InChI=1S/C15H28O2/c1-3-15(2)13(16)10-14(15)17-11-12-8-6-4-5-7-9-12/h12-14,16H,3-11H2,1-2H3. The Morgan fingerprint density at radius 3 is 2.35 bits per heavy atom. The molecular weight excluding hydrogens is 212 g/mol. The van der Waals surface area contributed by atoms with Gasteiger partial charge < -0.3 is 9.84 Å². The highest BCUT2D eigenvalue weighted by Gasteiger charge is 2.50. The van der Waals surface area contributed by atoms with E-state index in [9.17, 15) is 5.11 Å². The van der Waals surface area contributed by atoms with Gasteiger partial charge in [-0.25, -0.2) is 0 Å². The van der Waals surface area contributed by atoms with Crippen LogP contribution in [0.25, 0.3) is 0 Å². The second-order valence-corrected chi connectivity index (χ2v) is 6.29. The van der Waals surface area contributed by atoms with Gasteiger partial charge in [0.15, 0.2) is 0 Å². The Morgan fingerprint density at radius 2 is 1.82 bits per heavy atom. The van der Waals surface area contributed by atoms with Crippen LogP contribution in [0.1, 0.15) is 65.2 Å². The lowest BCUT2D eigenvalue weighted by Crippen LogP contribution is -2.56. The fraction of sp³-hybridized carbons (Fsp3) is 1.00. The highest BCUT2D eigenvalue weighted by atomic mass is 16.5. The zero-order valence-corrected chi connectivity index (χ0v) is 11.5. The highest BCUT2D eigenvalue weighted by Crippen LogP contribution is 2.46. The molecule has 3 atom stereocenters. The van der Waals surface area contributed by atoms with Crippen LogP contribution in [0, 0.1) is 11.3 Å². The predicted octanol–water partition coefficient (Wildman–Crippen LogP) is 3.52. The first kappa shape index (κ1) is 13.4. The minimum Gasteiger partial charge on any atom is -0.392 e. The quantitative estimate of drug-likeness (QED) is 0.762. The number of hydrogen-bond donors (Lipinski definition) is 1. The molecule has 0 heterocycles. The van der Waals surface area contributed by atoms with Gasteiger partial charge in [-0.15, -0.1) is 0 Å². The third kappa shape index (κ3) is 2.85. The van der Waals surface area contributed by atoms with E-state index in [0.717, 1.165) is 25.4 Å². The van der Waals surface area contributed by atoms with E-state index in [-0.39, 0.29) is 11.5 Å². The molecule has 1 N–H and O–H groups in total. The van der Waals surface area contributed by atoms with Gasteiger partial charge in [-0.1, -0.05) is 39.5 Å². The van der Waals surface area contributed by atoms with Crippen molar-refractivity contribution in [1.82, 2.24) is 0 Å². The van der Waals surface area contributed by atoms with Crippen molar-refractivity contribution in [2.75, 3.05) is 6.61 Å². The van der Waals surface area contributed by atoms with Crippen molar-refractivity contribution in [1.29, 1.82) is 0 Å². The van der Waals surface area contributed by atoms with E-state index in [1.54, 1.807) is 0 Å². The summed E-state index contributed by atoms with van der Waals surface area (Å²) in [4.78, 5) is 0. The van der Waals surface area contributed by atoms with Crippen LogP contribution < -0.4 is 0 Å². The Kier molecular flexibility index (Phi) is 4.48. The molecule has 2 rings (SSSR count). The van der Waals surface area contributed by atoms with Gasteiger partial charge in [-0.2, -0.15) is 0 Å². The molecule has 0 amide bonds. The summed E-state index contributed by atoms with van der Waals surface area (Å²) >= 11 is 0. The predicted molar refractivity (Wildman–Crippen MR) is 70.0 cm³/mol. The molecule has 2 aliphatic rings. The Labute approximate surface area is 106 Å². The lowest BCUT2D eigenvalue weighted by atomic mass is 9.63. The summed E-state index contributed by atoms with van der Waals surface area (Å²) in [6, 6.07) is 0. The normalized spacial score (nSPS) is 39.7. The number of rotatable bonds is 4. The minimum atomic E-state index is -0.147. The maximum absolute atomic E-state index is 9.84. The molecule has 3 unspecified atom stereocenters. The Bertz CT molecular complexity index is 233. The summed E-state index contributed by atoms with van der Waals surface area (Å²) in [5.41, 5.74) is 0.0186. The summed E-state index contributed by atoms with van der Waals surface area (Å²) in [5.74, 6) is 0.774. The lowest BCUT2D eigenvalue weighted by Gasteiger charge is -2.51. The number of aliphatic hydroxyl groups excluding tert-OH is 1. The fourth-order valence-corrected chi connectivity index (χ4v) is 3.30. The maximum atomic E-state index is 9.84. The molecule has 0 aromatic heterocycles. The van der Waals surface area contributed by atoms with Crippen LogP contribution >= 0.6 is 0 Å². The monoisotopic (exact) mass is 240 g/mol. The van der Waals surface area contributed by atoms with Crippen LogP contribution in [-0.2, 0) is 4.74 Å². The van der Waals surface area contributed by atoms with Crippen molar-refractivity contribution in [3.05, 3.63) is 0 Å². The number of ether oxygens (including phenoxy) is 1. The van der Waals surface area contributed by atoms with Gasteiger partial charge in [-0.05, 0) is 25.2 Å². The van der Waals surface area contributed by atoms with Crippen LogP contribution in [0.4, 0.5) is 0 Å². The summed E-state index contributed by atoms with van der Waals surface area (Å²) in [6.07, 6.45) is 10.3. The third-order valence-electron chi connectivity index (χ3n) is 5.20. The molecule has 0 spiro atoms. The molecule has 0 saturated heterocycles. The van der Waals surface area contributed by atoms with E-state index in [1.807, 2.05) is 0 Å². The number of hydrogen-bond acceptors (Lipinski definition) is 2. The van der Waals surface area contributed by atoms with Crippen LogP contribution in [-0.4, -0.2) is 23.9 Å². The van der Waals surface area contributed by atoms with E-state index >= 15 is 0 Å². The third-order valence-corrected chi connectivity index (χ3v) is 5.20. The van der Waals surface area contributed by atoms with E-state index in [0.29, 0.717) is 6.10 Å². The molecule has 2 heteroatoms. The fourth-order valence-electron chi connectivity index (χ4n) is 3.30. The van der Waals surface area contributed by atoms with Crippen molar-refractivity contribution >= 4 is 0 Å². The molecule has 100 valence electrons. The first-order valence-corrected chi connectivity index (χ1v) is 7.46. The zero-order valence-electron chi connectivity index (χ0n) is 11.5. The molecule has 0 radical (unpaired) electrons. The van der Waals surface area contributed by atoms with Crippen molar-refractivity contribution < 1.29 is 9.84 Å². The summed E-state index contributed by atoms with van der Waals surface area (Å²) < 4.78 is 6.09. The molecule has 2 fully saturated rings. The molecular formula is C15H28O2. The SMILES string of the molecule is CCC1(C)C(O)CC1OCC1CCCCCC1. The molecule has 0 aliphatic heterocycles. The van der Waals surface area contributed by atoms with Gasteiger partial charge in [0.2, 0.25) is 0 Å². The molecule has 2 aliphatic carbocycles. The van der Waals surface area contributed by atoms with Crippen LogP contribution in [0.5, 0.6) is 0 Å². The average molecular weight is 240 g/mol. The molecule has 2 saturated carbocycles. The molecule has 0 bridgehead atoms. The molecule has 17 heavy (non-hydrogen) atoms. The first-order chi connectivity index (χ1) is 8.16. The van der Waals surface area contributed by atoms with Crippen LogP contribution in [0.2, 0.25) is 0 Å². The Morgan fingerprint density at radius 1 is 1.18 bits per heavy atom. The summed E-state index contributed by atoms with van der Waals surface area (Å²) in [6.45, 7) is 5.25. The van der Waals surface area contributed by atoms with Gasteiger partial charge >= 0.3 is 0 Å². The van der Waals surface area contributed by atoms with E-state index < -0.39 is 0 Å². The summed E-state index contributed by atoms with van der Waals surface area (Å²) in [5, 5.41) is 9.84. The maximum Gasteiger partial charge on any atom is 0.0678 e. The van der Waals surface area contributed by atoms with Gasteiger partial charge in [-0.3, -0.25) is 0 Å². The molecule has 0 aromatic rings. The van der Waals surface area contributed by atoms with Crippen LogP contribution in [0.15, 0.2) is 0 Å². The second-order valence-electron chi connectivity index (χ2n) is 6.29. The van der Waals surface area contributed by atoms with Gasteiger partial charge in [0, 0.05) is 18.4 Å². The molecule has 2 nitrogen and oxygen atoms in total. The van der Waals surface area contributed by atoms with Crippen molar-refractivity contribution in [3.63, 3.8) is 0 Å². The summed E-state index contributed by atoms with van der Waals surface area (Å²) in [7, 11) is 0. The van der Waals surface area contributed by atoms with Crippen molar-refractivity contribution in [2.45, 2.75) is 77.4 Å². The van der Waals surface area contributed by atoms with Gasteiger partial charge in [0.25, 0.3) is 0 Å². The van der Waals surface area contributed by atoms with Gasteiger partial charge in [0.05, 0.1) is 12.2 Å². The van der Waals surface area contributed by atoms with E-state index in [4.69, 9.17) is 4.74 Å². The zero-order chi connectivity index (χ0) is 12.3. The minimum absolute atomic E-state index is 0.0186. The second kappa shape index (κ2) is 5.71. The van der Waals surface area contributed by atoms with Crippen molar-refractivity contribution in [3.8, 4) is 0 Å². The van der Waals surface area contributed by atoms with Crippen LogP contribution in [0.3, 0.4) is 0 Å². The first-order valence-electron chi connectivity index (χ1n) is 7.46. The Balaban J connectivity index is 1.74. The highest BCUT2D eigenvalue weighted by molar-refractivity contribution is 5.00.